The smallest absolute Gasteiger partial charge is 0.349 e. The van der Waals surface area contributed by atoms with E-state index in [2.05, 4.69) is 30.9 Å². The number of fused-ring (bicyclic) bond motifs is 1. The van der Waals surface area contributed by atoms with Gasteiger partial charge in [-0.05, 0) is 13.8 Å². The number of hydrogen-bond donors (Lipinski definition) is 2. The number of nitrogens with zero attached hydrogens (tertiary/aromatic N) is 4. The van der Waals surface area contributed by atoms with Crippen LogP contribution in [0.5, 0.6) is 0 Å². The molecule has 2 N–H and O–H groups in total. The van der Waals surface area contributed by atoms with Gasteiger partial charge in [0.2, 0.25) is 0 Å². The summed E-state index contributed by atoms with van der Waals surface area (Å²) in [5, 5.41) is 12.7. The van der Waals surface area contributed by atoms with Crippen molar-refractivity contribution in [1.82, 2.24) is 24.6 Å². The van der Waals surface area contributed by atoms with Crippen molar-refractivity contribution in [3.8, 4) is 0 Å². The van der Waals surface area contributed by atoms with Crippen LogP contribution >= 0.6 is 11.3 Å². The molecule has 0 saturated carbocycles. The summed E-state index contributed by atoms with van der Waals surface area (Å²) >= 11 is 1.65. The molecule has 8 heteroatoms. The highest BCUT2D eigenvalue weighted by Gasteiger charge is 2.06. The topological polar surface area (TPSA) is 88.0 Å². The molecule has 0 aliphatic rings. The van der Waals surface area contributed by atoms with Gasteiger partial charge in [0, 0.05) is 24.4 Å². The Morgan fingerprint density at radius 3 is 3.00 bits per heavy atom. The molecule has 0 bridgehead atoms. The Bertz CT molecular complexity index is 802. The average Bonchev–Trinajstić information content (AvgIpc) is 2.97. The van der Waals surface area contributed by atoms with Crippen molar-refractivity contribution in [3.63, 3.8) is 0 Å². The summed E-state index contributed by atoms with van der Waals surface area (Å²) in [5.41, 5.74) is 1.37. The normalized spacial score (nSPS) is 11.1. The van der Waals surface area contributed by atoms with Crippen molar-refractivity contribution in [2.75, 3.05) is 11.9 Å². The van der Waals surface area contributed by atoms with Crippen LogP contribution in [-0.2, 0) is 6.42 Å². The van der Waals surface area contributed by atoms with Gasteiger partial charge < -0.3 is 5.32 Å². The standard InChI is InChI=1S/C12H14N6OS/c1-7-14-10(5-11-16-17-12(19)18(7)11)13-4-3-9-6-20-8(2)15-9/h5-6,13H,3-4H2,1-2H3,(H,17,19). The molecule has 0 spiro atoms. The third-order valence-electron chi connectivity index (χ3n) is 2.92. The summed E-state index contributed by atoms with van der Waals surface area (Å²) < 4.78 is 1.44. The van der Waals surface area contributed by atoms with E-state index in [4.69, 9.17) is 0 Å². The number of H-pyrrole nitrogens is 1. The SMILES string of the molecule is Cc1nc(CCNc2cc3n[nH]c(=O)n3c(C)n2)cs1. The summed E-state index contributed by atoms with van der Waals surface area (Å²) in [6.07, 6.45) is 0.837. The largest absolute Gasteiger partial charge is 0.370 e. The van der Waals surface area contributed by atoms with Crippen molar-refractivity contribution in [3.05, 3.63) is 38.5 Å². The number of aromatic nitrogens is 5. The van der Waals surface area contributed by atoms with Gasteiger partial charge in [0.15, 0.2) is 5.65 Å². The molecule has 0 aliphatic heterocycles. The van der Waals surface area contributed by atoms with E-state index in [-0.39, 0.29) is 5.69 Å². The average molecular weight is 290 g/mol. The van der Waals surface area contributed by atoms with E-state index >= 15 is 0 Å². The zero-order valence-electron chi connectivity index (χ0n) is 11.2. The molecule has 0 aromatic carbocycles. The third kappa shape index (κ3) is 2.42. The number of anilines is 1. The van der Waals surface area contributed by atoms with Gasteiger partial charge in [-0.3, -0.25) is 0 Å². The Morgan fingerprint density at radius 2 is 2.25 bits per heavy atom. The second-order valence-electron chi connectivity index (χ2n) is 4.45. The van der Waals surface area contributed by atoms with Crippen LogP contribution in [0.25, 0.3) is 5.65 Å². The summed E-state index contributed by atoms with van der Waals surface area (Å²) in [4.78, 5) is 20.2. The molecule has 3 aromatic heterocycles. The summed E-state index contributed by atoms with van der Waals surface area (Å²) in [6, 6.07) is 1.75. The number of nitrogens with one attached hydrogen (secondary N) is 2. The molecular weight excluding hydrogens is 276 g/mol. The van der Waals surface area contributed by atoms with E-state index in [0.29, 0.717) is 17.3 Å². The lowest BCUT2D eigenvalue weighted by atomic mass is 10.3. The fourth-order valence-electron chi connectivity index (χ4n) is 2.03. The van der Waals surface area contributed by atoms with Gasteiger partial charge >= 0.3 is 5.69 Å². The van der Waals surface area contributed by atoms with Crippen molar-refractivity contribution in [1.29, 1.82) is 0 Å². The van der Waals surface area contributed by atoms with E-state index in [1.165, 1.54) is 4.40 Å². The number of rotatable bonds is 4. The van der Waals surface area contributed by atoms with Crippen LogP contribution in [0.4, 0.5) is 5.82 Å². The molecule has 20 heavy (non-hydrogen) atoms. The molecular formula is C12H14N6OS. The Balaban J connectivity index is 1.73. The molecule has 104 valence electrons. The van der Waals surface area contributed by atoms with Gasteiger partial charge in [-0.1, -0.05) is 0 Å². The van der Waals surface area contributed by atoms with Gasteiger partial charge in [0.05, 0.1) is 10.7 Å². The Labute approximate surface area is 118 Å². The van der Waals surface area contributed by atoms with Gasteiger partial charge in [-0.15, -0.1) is 11.3 Å². The Kier molecular flexibility index (Phi) is 3.23. The molecule has 3 rings (SSSR count). The first kappa shape index (κ1) is 12.8. The highest BCUT2D eigenvalue weighted by Crippen LogP contribution is 2.10. The molecule has 0 amide bonds. The van der Waals surface area contributed by atoms with Crippen molar-refractivity contribution in [2.24, 2.45) is 0 Å². The fraction of sp³-hybridized carbons (Fsp3) is 0.333. The van der Waals surface area contributed by atoms with Crippen LogP contribution in [0, 0.1) is 13.8 Å². The summed E-state index contributed by atoms with van der Waals surface area (Å²) in [7, 11) is 0. The maximum Gasteiger partial charge on any atom is 0.349 e. The first-order valence-electron chi connectivity index (χ1n) is 6.23. The number of aryl methyl sites for hydroxylation is 2. The van der Waals surface area contributed by atoms with Crippen LogP contribution < -0.4 is 11.0 Å². The number of aromatic amines is 1. The minimum atomic E-state index is -0.269. The van der Waals surface area contributed by atoms with Crippen molar-refractivity contribution in [2.45, 2.75) is 20.3 Å². The molecule has 3 heterocycles. The molecule has 0 aliphatic carbocycles. The van der Waals surface area contributed by atoms with E-state index in [0.717, 1.165) is 23.7 Å². The lowest BCUT2D eigenvalue weighted by Crippen LogP contribution is -2.14. The molecule has 7 nitrogen and oxygen atoms in total. The Hall–Kier alpha value is -2.22. The number of thiazole rings is 1. The minimum Gasteiger partial charge on any atom is -0.370 e. The molecule has 0 unspecified atom stereocenters. The Morgan fingerprint density at radius 1 is 1.40 bits per heavy atom. The van der Waals surface area contributed by atoms with Crippen molar-refractivity contribution < 1.29 is 0 Å². The zero-order valence-corrected chi connectivity index (χ0v) is 12.0. The quantitative estimate of drug-likeness (QED) is 0.752. The second-order valence-corrected chi connectivity index (χ2v) is 5.51. The first-order valence-corrected chi connectivity index (χ1v) is 7.11. The molecule has 0 fully saturated rings. The maximum atomic E-state index is 11.5. The van der Waals surface area contributed by atoms with Crippen LogP contribution in [0.15, 0.2) is 16.2 Å². The lowest BCUT2D eigenvalue weighted by Gasteiger charge is -2.06. The van der Waals surface area contributed by atoms with E-state index < -0.39 is 0 Å². The molecule has 0 atom stereocenters. The van der Waals surface area contributed by atoms with Crippen LogP contribution in [-0.4, -0.2) is 31.1 Å². The zero-order chi connectivity index (χ0) is 14.1. The molecule has 0 radical (unpaired) electrons. The van der Waals surface area contributed by atoms with E-state index in [1.54, 1.807) is 24.3 Å². The van der Waals surface area contributed by atoms with Gasteiger partial charge in [-0.2, -0.15) is 5.10 Å². The second kappa shape index (κ2) is 5.04. The van der Waals surface area contributed by atoms with Crippen LogP contribution in [0.2, 0.25) is 0 Å². The number of hydrogen-bond acceptors (Lipinski definition) is 6. The predicted molar refractivity (Wildman–Crippen MR) is 77.4 cm³/mol. The van der Waals surface area contributed by atoms with Gasteiger partial charge in [0.1, 0.15) is 11.6 Å². The summed E-state index contributed by atoms with van der Waals surface area (Å²) in [5.74, 6) is 1.31. The van der Waals surface area contributed by atoms with E-state index in [9.17, 15) is 4.79 Å². The van der Waals surface area contributed by atoms with Crippen molar-refractivity contribution >= 4 is 22.8 Å². The van der Waals surface area contributed by atoms with E-state index in [1.807, 2.05) is 6.92 Å². The van der Waals surface area contributed by atoms with Crippen LogP contribution in [0.1, 0.15) is 16.5 Å². The first-order chi connectivity index (χ1) is 9.63. The molecule has 0 saturated heterocycles. The lowest BCUT2D eigenvalue weighted by molar-refractivity contribution is 0.918. The van der Waals surface area contributed by atoms with Gasteiger partial charge in [0.25, 0.3) is 0 Å². The highest BCUT2D eigenvalue weighted by atomic mass is 32.1. The maximum absolute atomic E-state index is 11.5. The predicted octanol–water partition coefficient (Wildman–Crippen LogP) is 1.15. The summed E-state index contributed by atoms with van der Waals surface area (Å²) in [6.45, 7) is 4.51. The minimum absolute atomic E-state index is 0.269. The third-order valence-corrected chi connectivity index (χ3v) is 3.75. The highest BCUT2D eigenvalue weighted by molar-refractivity contribution is 7.09. The van der Waals surface area contributed by atoms with Gasteiger partial charge in [-0.25, -0.2) is 24.3 Å². The monoisotopic (exact) mass is 290 g/mol. The molecule has 3 aromatic rings. The fourth-order valence-corrected chi connectivity index (χ4v) is 2.68. The van der Waals surface area contributed by atoms with Crippen LogP contribution in [0.3, 0.4) is 0 Å².